The van der Waals surface area contributed by atoms with Gasteiger partial charge >= 0.3 is 12.1 Å². The van der Waals surface area contributed by atoms with Gasteiger partial charge in [-0.25, -0.2) is 9.59 Å². The number of carbonyl (C=O) groups is 2. The highest BCUT2D eigenvalue weighted by Crippen LogP contribution is 2.30. The molecule has 0 spiro atoms. The molecule has 11 heteroatoms. The number of amides is 4. The molecule has 1 unspecified atom stereocenters. The lowest BCUT2D eigenvalue weighted by molar-refractivity contribution is 0.116. The third-order valence-electron chi connectivity index (χ3n) is 4.22. The smallest absolute Gasteiger partial charge is 0.323 e. The van der Waals surface area contributed by atoms with Crippen molar-refractivity contribution in [2.75, 3.05) is 49.3 Å². The standard InChI is InChI=1S/C18H24ClN7O3/c1-24(2)10-14(27)11-25-9-13(8-21-25)23-17(28)22-12-3-4-15(19)16(7-12)26-6-5-20-18(26)29/h3-4,7-9,14,27H,5-6,10-11H2,1-2H3,(H,20,29)(H2,22,23,28). The average molecular weight is 422 g/mol. The number of urea groups is 2. The van der Waals surface area contributed by atoms with Gasteiger partial charge in [-0.05, 0) is 32.3 Å². The number of hydrogen-bond acceptors (Lipinski definition) is 5. The van der Waals surface area contributed by atoms with Crippen molar-refractivity contribution in [1.82, 2.24) is 20.0 Å². The largest absolute Gasteiger partial charge is 0.390 e. The van der Waals surface area contributed by atoms with E-state index < -0.39 is 12.1 Å². The van der Waals surface area contributed by atoms with Gasteiger partial charge in [0.2, 0.25) is 0 Å². The van der Waals surface area contributed by atoms with E-state index in [1.165, 1.54) is 11.1 Å². The molecule has 0 aliphatic carbocycles. The van der Waals surface area contributed by atoms with Gasteiger partial charge in [-0.3, -0.25) is 9.58 Å². The molecule has 156 valence electrons. The van der Waals surface area contributed by atoms with E-state index in [0.717, 1.165) is 0 Å². The Labute approximate surface area is 173 Å². The summed E-state index contributed by atoms with van der Waals surface area (Å²) in [4.78, 5) is 27.6. The molecular weight excluding hydrogens is 398 g/mol. The van der Waals surface area contributed by atoms with Crippen molar-refractivity contribution in [3.63, 3.8) is 0 Å². The van der Waals surface area contributed by atoms with E-state index >= 15 is 0 Å². The molecule has 29 heavy (non-hydrogen) atoms. The normalized spacial score (nSPS) is 14.8. The monoisotopic (exact) mass is 421 g/mol. The predicted molar refractivity (Wildman–Crippen MR) is 112 cm³/mol. The Balaban J connectivity index is 1.59. The molecule has 3 rings (SSSR count). The molecule has 1 saturated heterocycles. The van der Waals surface area contributed by atoms with Crippen LogP contribution in [0.2, 0.25) is 5.02 Å². The lowest BCUT2D eigenvalue weighted by Gasteiger charge is -2.17. The van der Waals surface area contributed by atoms with Gasteiger partial charge in [-0.2, -0.15) is 5.10 Å². The molecule has 1 atom stereocenters. The Hall–Kier alpha value is -2.82. The second-order valence-electron chi connectivity index (χ2n) is 7.00. The number of hydrogen-bond donors (Lipinski definition) is 4. The van der Waals surface area contributed by atoms with Crippen molar-refractivity contribution in [3.8, 4) is 0 Å². The fourth-order valence-corrected chi connectivity index (χ4v) is 3.23. The summed E-state index contributed by atoms with van der Waals surface area (Å²) in [7, 11) is 3.75. The molecular formula is C18H24ClN7O3. The number of nitrogens with zero attached hydrogens (tertiary/aromatic N) is 4. The summed E-state index contributed by atoms with van der Waals surface area (Å²) >= 11 is 6.20. The van der Waals surface area contributed by atoms with Gasteiger partial charge in [-0.15, -0.1) is 0 Å². The van der Waals surface area contributed by atoms with E-state index in [9.17, 15) is 14.7 Å². The number of aliphatic hydroxyl groups is 1. The Kier molecular flexibility index (Phi) is 6.57. The lowest BCUT2D eigenvalue weighted by atomic mass is 10.2. The number of benzene rings is 1. The topological polar surface area (TPSA) is 115 Å². The summed E-state index contributed by atoms with van der Waals surface area (Å²) in [5.41, 5.74) is 1.52. The van der Waals surface area contributed by atoms with Gasteiger partial charge in [0, 0.05) is 31.5 Å². The zero-order valence-electron chi connectivity index (χ0n) is 16.2. The van der Waals surface area contributed by atoms with E-state index in [0.29, 0.717) is 48.3 Å². The van der Waals surface area contributed by atoms with Crippen LogP contribution >= 0.6 is 11.6 Å². The summed E-state index contributed by atoms with van der Waals surface area (Å²) in [6, 6.07) is 4.24. The van der Waals surface area contributed by atoms with Crippen molar-refractivity contribution >= 4 is 40.7 Å². The van der Waals surface area contributed by atoms with Crippen LogP contribution in [0.25, 0.3) is 0 Å². The maximum atomic E-state index is 12.3. The van der Waals surface area contributed by atoms with Gasteiger partial charge in [0.05, 0.1) is 35.2 Å². The summed E-state index contributed by atoms with van der Waals surface area (Å²) in [6.07, 6.45) is 2.58. The fourth-order valence-electron chi connectivity index (χ4n) is 3.02. The molecule has 1 fully saturated rings. The quantitative estimate of drug-likeness (QED) is 0.542. The number of halogens is 1. The number of aliphatic hydroxyl groups excluding tert-OH is 1. The lowest BCUT2D eigenvalue weighted by Crippen LogP contribution is -2.29. The highest BCUT2D eigenvalue weighted by Gasteiger charge is 2.23. The molecule has 10 nitrogen and oxygen atoms in total. The van der Waals surface area contributed by atoms with Crippen LogP contribution in [-0.2, 0) is 6.54 Å². The first kappa shape index (κ1) is 20.9. The number of nitrogens with one attached hydrogen (secondary N) is 3. The molecule has 4 amide bonds. The van der Waals surface area contributed by atoms with Crippen molar-refractivity contribution in [2.45, 2.75) is 12.6 Å². The maximum Gasteiger partial charge on any atom is 0.323 e. The highest BCUT2D eigenvalue weighted by atomic mass is 35.5. The summed E-state index contributed by atoms with van der Waals surface area (Å²) in [5.74, 6) is 0. The molecule has 1 aliphatic rings. The van der Waals surface area contributed by atoms with Gasteiger partial charge in [-0.1, -0.05) is 11.6 Å². The number of aromatic nitrogens is 2. The molecule has 2 aromatic rings. The summed E-state index contributed by atoms with van der Waals surface area (Å²) < 4.78 is 1.57. The zero-order valence-corrected chi connectivity index (χ0v) is 17.0. The molecule has 4 N–H and O–H groups in total. The van der Waals surface area contributed by atoms with Crippen LogP contribution in [0.15, 0.2) is 30.6 Å². The second-order valence-corrected chi connectivity index (χ2v) is 7.40. The van der Waals surface area contributed by atoms with Crippen LogP contribution in [0.3, 0.4) is 0 Å². The van der Waals surface area contributed by atoms with Gasteiger partial charge < -0.3 is 26.0 Å². The van der Waals surface area contributed by atoms with Crippen LogP contribution in [-0.4, -0.2) is 71.7 Å². The second kappa shape index (κ2) is 9.12. The summed E-state index contributed by atoms with van der Waals surface area (Å²) in [5, 5.41) is 22.6. The predicted octanol–water partition coefficient (Wildman–Crippen LogP) is 1.63. The third-order valence-corrected chi connectivity index (χ3v) is 4.54. The van der Waals surface area contributed by atoms with E-state index in [1.54, 1.807) is 29.1 Å². The highest BCUT2D eigenvalue weighted by molar-refractivity contribution is 6.34. The molecule has 2 heterocycles. The van der Waals surface area contributed by atoms with Crippen molar-refractivity contribution in [1.29, 1.82) is 0 Å². The summed E-state index contributed by atoms with van der Waals surface area (Å²) in [6.45, 7) is 1.88. The van der Waals surface area contributed by atoms with E-state index in [4.69, 9.17) is 11.6 Å². The Morgan fingerprint density at radius 2 is 2.14 bits per heavy atom. The molecule has 0 bridgehead atoms. The van der Waals surface area contributed by atoms with Crippen LogP contribution in [0.5, 0.6) is 0 Å². The van der Waals surface area contributed by atoms with Crippen molar-refractivity contribution < 1.29 is 14.7 Å². The number of carbonyl (C=O) groups excluding carboxylic acids is 2. The Morgan fingerprint density at radius 1 is 1.38 bits per heavy atom. The molecule has 0 saturated carbocycles. The first-order chi connectivity index (χ1) is 13.8. The van der Waals surface area contributed by atoms with Gasteiger partial charge in [0.1, 0.15) is 0 Å². The molecule has 1 aliphatic heterocycles. The first-order valence-corrected chi connectivity index (χ1v) is 9.48. The zero-order chi connectivity index (χ0) is 21.0. The van der Waals surface area contributed by atoms with Crippen LogP contribution in [0.4, 0.5) is 26.7 Å². The fraction of sp³-hybridized carbons (Fsp3) is 0.389. The first-order valence-electron chi connectivity index (χ1n) is 9.10. The number of likely N-dealkylation sites (N-methyl/N-ethyl adjacent to an activating group) is 1. The number of anilines is 3. The average Bonchev–Trinajstić information content (AvgIpc) is 3.24. The van der Waals surface area contributed by atoms with Crippen LogP contribution in [0, 0.1) is 0 Å². The van der Waals surface area contributed by atoms with Crippen molar-refractivity contribution in [2.24, 2.45) is 0 Å². The van der Waals surface area contributed by atoms with E-state index in [-0.39, 0.29) is 6.03 Å². The van der Waals surface area contributed by atoms with Crippen molar-refractivity contribution in [3.05, 3.63) is 35.6 Å². The maximum absolute atomic E-state index is 12.3. The Bertz CT molecular complexity index is 886. The minimum absolute atomic E-state index is 0.225. The third kappa shape index (κ3) is 5.59. The minimum Gasteiger partial charge on any atom is -0.390 e. The number of rotatable bonds is 7. The van der Waals surface area contributed by atoms with E-state index in [1.807, 2.05) is 19.0 Å². The molecule has 1 aromatic heterocycles. The van der Waals surface area contributed by atoms with E-state index in [2.05, 4.69) is 21.0 Å². The SMILES string of the molecule is CN(C)CC(O)Cn1cc(NC(=O)Nc2ccc(Cl)c(N3CCNC3=O)c2)cn1. The molecule has 0 radical (unpaired) electrons. The van der Waals surface area contributed by atoms with Gasteiger partial charge in [0.15, 0.2) is 0 Å². The minimum atomic E-state index is -0.568. The van der Waals surface area contributed by atoms with Crippen LogP contribution < -0.4 is 20.9 Å². The van der Waals surface area contributed by atoms with Crippen LogP contribution in [0.1, 0.15) is 0 Å². The molecule has 1 aromatic carbocycles. The Morgan fingerprint density at radius 3 is 2.83 bits per heavy atom. The van der Waals surface area contributed by atoms with Gasteiger partial charge in [0.25, 0.3) is 0 Å².